The van der Waals surface area contributed by atoms with Crippen LogP contribution in [0.3, 0.4) is 0 Å². The summed E-state index contributed by atoms with van der Waals surface area (Å²) in [6, 6.07) is 2.01. The van der Waals surface area contributed by atoms with Crippen molar-refractivity contribution < 1.29 is 33.0 Å². The number of aliphatic carboxylic acids is 2. The lowest BCUT2D eigenvalue weighted by molar-refractivity contribution is -0.192. The monoisotopic (exact) mass is 414 g/mol. The first kappa shape index (κ1) is 20.9. The van der Waals surface area contributed by atoms with Crippen molar-refractivity contribution in [3.63, 3.8) is 0 Å². The highest BCUT2D eigenvalue weighted by Crippen LogP contribution is 2.40. The molecule has 0 atom stereocenters. The lowest BCUT2D eigenvalue weighted by atomic mass is 9.80. The van der Waals surface area contributed by atoms with E-state index in [2.05, 4.69) is 14.9 Å². The van der Waals surface area contributed by atoms with Gasteiger partial charge in [-0.3, -0.25) is 4.79 Å². The van der Waals surface area contributed by atoms with Gasteiger partial charge in [0, 0.05) is 25.2 Å². The molecule has 0 unspecified atom stereocenters. The van der Waals surface area contributed by atoms with Crippen LogP contribution in [0, 0.1) is 5.41 Å². The van der Waals surface area contributed by atoms with Crippen LogP contribution in [0.4, 0.5) is 19.0 Å². The number of rotatable bonds is 3. The van der Waals surface area contributed by atoms with E-state index in [-0.39, 0.29) is 0 Å². The Morgan fingerprint density at radius 1 is 1.21 bits per heavy atom. The van der Waals surface area contributed by atoms with Crippen molar-refractivity contribution in [1.82, 2.24) is 15.0 Å². The van der Waals surface area contributed by atoms with Crippen LogP contribution in [-0.2, 0) is 9.59 Å². The predicted octanol–water partition coefficient (Wildman–Crippen LogP) is 3.16. The van der Waals surface area contributed by atoms with E-state index in [0.29, 0.717) is 18.8 Å². The van der Waals surface area contributed by atoms with Gasteiger partial charge in [-0.2, -0.15) is 13.2 Å². The van der Waals surface area contributed by atoms with Crippen LogP contribution in [0.1, 0.15) is 44.3 Å². The summed E-state index contributed by atoms with van der Waals surface area (Å²) in [7, 11) is 0. The van der Waals surface area contributed by atoms with Crippen molar-refractivity contribution >= 4 is 28.8 Å². The van der Waals surface area contributed by atoms with E-state index in [1.54, 1.807) is 0 Å². The number of hydrogen-bond donors (Lipinski definition) is 3. The average Bonchev–Trinajstić information content (AvgIpc) is 3.39. The van der Waals surface area contributed by atoms with Gasteiger partial charge in [-0.15, -0.1) is 0 Å². The highest BCUT2D eigenvalue weighted by Gasteiger charge is 2.39. The van der Waals surface area contributed by atoms with E-state index in [9.17, 15) is 23.1 Å². The van der Waals surface area contributed by atoms with Crippen LogP contribution in [0.25, 0.3) is 11.0 Å². The molecule has 3 heterocycles. The second kappa shape index (κ2) is 7.53. The SMILES string of the molecule is CC1(C(=O)O)CCN(c2nc(C3CC3)nc3[nH]ccc23)CC1.O=C(O)C(F)(F)F. The first-order chi connectivity index (χ1) is 13.5. The van der Waals surface area contributed by atoms with Crippen LogP contribution >= 0.6 is 0 Å². The molecular weight excluding hydrogens is 393 g/mol. The van der Waals surface area contributed by atoms with Gasteiger partial charge in [0.2, 0.25) is 0 Å². The molecule has 0 bridgehead atoms. The van der Waals surface area contributed by atoms with Gasteiger partial charge >= 0.3 is 18.1 Å². The quantitative estimate of drug-likeness (QED) is 0.706. The summed E-state index contributed by atoms with van der Waals surface area (Å²) in [5.41, 5.74) is 0.276. The lowest BCUT2D eigenvalue weighted by Gasteiger charge is -2.37. The predicted molar refractivity (Wildman–Crippen MR) is 96.7 cm³/mol. The number of hydrogen-bond acceptors (Lipinski definition) is 5. The highest BCUT2D eigenvalue weighted by atomic mass is 19.4. The van der Waals surface area contributed by atoms with Crippen molar-refractivity contribution in [2.75, 3.05) is 18.0 Å². The molecule has 0 radical (unpaired) electrons. The fraction of sp³-hybridized carbons (Fsp3) is 0.556. The molecule has 3 N–H and O–H groups in total. The van der Waals surface area contributed by atoms with Crippen LogP contribution in [-0.4, -0.2) is 56.4 Å². The standard InChI is InChI=1S/C16H20N4O2.C2HF3O2/c1-16(15(21)22)5-8-20(9-6-16)14-11-4-7-17-13(11)18-12(19-14)10-2-3-10;3-2(4,5)1(6)7/h4,7,10H,2-3,5-6,8-9H2,1H3,(H,21,22)(H,17,18,19);(H,6,7). The number of anilines is 1. The molecule has 0 spiro atoms. The smallest absolute Gasteiger partial charge is 0.481 e. The van der Waals surface area contributed by atoms with Crippen molar-refractivity contribution in [3.05, 3.63) is 18.1 Å². The molecule has 158 valence electrons. The molecule has 1 saturated heterocycles. The number of piperidine rings is 1. The number of halogens is 3. The second-order valence-electron chi connectivity index (χ2n) is 7.58. The molecule has 4 rings (SSSR count). The largest absolute Gasteiger partial charge is 0.490 e. The fourth-order valence-corrected chi connectivity index (χ4v) is 3.13. The number of aromatic nitrogens is 3. The third-order valence-corrected chi connectivity index (χ3v) is 5.28. The number of H-pyrrole nitrogens is 1. The first-order valence-corrected chi connectivity index (χ1v) is 9.15. The third-order valence-electron chi connectivity index (χ3n) is 5.28. The number of carboxylic acids is 2. The number of carboxylic acid groups (broad SMARTS) is 2. The molecule has 1 aliphatic heterocycles. The minimum atomic E-state index is -5.08. The number of alkyl halides is 3. The molecule has 1 saturated carbocycles. The van der Waals surface area contributed by atoms with Gasteiger partial charge in [-0.1, -0.05) is 0 Å². The van der Waals surface area contributed by atoms with Crippen LogP contribution in [0.5, 0.6) is 0 Å². The molecule has 8 nitrogen and oxygen atoms in total. The van der Waals surface area contributed by atoms with Gasteiger partial charge in [-0.05, 0) is 38.7 Å². The number of nitrogens with zero attached hydrogens (tertiary/aromatic N) is 3. The first-order valence-electron chi connectivity index (χ1n) is 9.15. The molecule has 2 aromatic heterocycles. The third kappa shape index (κ3) is 4.60. The molecule has 1 aliphatic carbocycles. The van der Waals surface area contributed by atoms with E-state index in [1.807, 2.05) is 19.2 Å². The topological polar surface area (TPSA) is 119 Å². The van der Waals surface area contributed by atoms with Gasteiger partial charge in [-0.25, -0.2) is 14.8 Å². The van der Waals surface area contributed by atoms with Crippen molar-refractivity contribution in [2.45, 2.75) is 44.7 Å². The normalized spacial score (nSPS) is 18.8. The fourth-order valence-electron chi connectivity index (χ4n) is 3.13. The molecule has 29 heavy (non-hydrogen) atoms. The Balaban J connectivity index is 0.000000298. The van der Waals surface area contributed by atoms with Crippen LogP contribution < -0.4 is 4.90 Å². The van der Waals surface area contributed by atoms with E-state index >= 15 is 0 Å². The Morgan fingerprint density at radius 3 is 2.28 bits per heavy atom. The van der Waals surface area contributed by atoms with Crippen molar-refractivity contribution in [2.24, 2.45) is 5.41 Å². The van der Waals surface area contributed by atoms with E-state index in [1.165, 1.54) is 12.8 Å². The highest BCUT2D eigenvalue weighted by molar-refractivity contribution is 5.88. The maximum atomic E-state index is 11.4. The van der Waals surface area contributed by atoms with Gasteiger partial charge < -0.3 is 20.1 Å². The summed E-state index contributed by atoms with van der Waals surface area (Å²) in [4.78, 5) is 35.1. The summed E-state index contributed by atoms with van der Waals surface area (Å²) < 4.78 is 31.7. The zero-order valence-electron chi connectivity index (χ0n) is 15.7. The Labute approximate surface area is 163 Å². The van der Waals surface area contributed by atoms with Crippen molar-refractivity contribution in [1.29, 1.82) is 0 Å². The maximum Gasteiger partial charge on any atom is 0.490 e. The lowest BCUT2D eigenvalue weighted by Crippen LogP contribution is -2.43. The van der Waals surface area contributed by atoms with Gasteiger partial charge in [0.15, 0.2) is 0 Å². The number of carbonyl (C=O) groups is 2. The summed E-state index contributed by atoms with van der Waals surface area (Å²) >= 11 is 0. The molecule has 11 heteroatoms. The Hall–Kier alpha value is -2.85. The molecule has 0 amide bonds. The Bertz CT molecular complexity index is 915. The minimum Gasteiger partial charge on any atom is -0.481 e. The number of aromatic amines is 1. The molecular formula is C18H21F3N4O4. The Morgan fingerprint density at radius 2 is 1.79 bits per heavy atom. The summed E-state index contributed by atoms with van der Waals surface area (Å²) in [5.74, 6) is -1.06. The van der Waals surface area contributed by atoms with Crippen LogP contribution in [0.15, 0.2) is 12.3 Å². The Kier molecular flexibility index (Phi) is 5.42. The van der Waals surface area contributed by atoms with E-state index in [4.69, 9.17) is 14.9 Å². The van der Waals surface area contributed by atoms with Gasteiger partial charge in [0.05, 0.1) is 10.8 Å². The summed E-state index contributed by atoms with van der Waals surface area (Å²) in [6.07, 6.45) is 0.449. The van der Waals surface area contributed by atoms with E-state index in [0.717, 1.165) is 35.8 Å². The molecule has 2 fully saturated rings. The maximum absolute atomic E-state index is 11.4. The zero-order valence-corrected chi connectivity index (χ0v) is 15.7. The second-order valence-corrected chi connectivity index (χ2v) is 7.58. The summed E-state index contributed by atoms with van der Waals surface area (Å²) in [6.45, 7) is 3.29. The molecule has 2 aromatic rings. The number of fused-ring (bicyclic) bond motifs is 1. The summed E-state index contributed by atoms with van der Waals surface area (Å²) in [5, 5.41) is 17.5. The zero-order chi connectivity index (χ0) is 21.4. The van der Waals surface area contributed by atoms with Gasteiger partial charge in [0.25, 0.3) is 0 Å². The minimum absolute atomic E-state index is 0.500. The number of nitrogens with one attached hydrogen (secondary N) is 1. The van der Waals surface area contributed by atoms with Crippen molar-refractivity contribution in [3.8, 4) is 0 Å². The average molecular weight is 414 g/mol. The van der Waals surface area contributed by atoms with Gasteiger partial charge in [0.1, 0.15) is 17.3 Å². The van der Waals surface area contributed by atoms with Crippen LogP contribution in [0.2, 0.25) is 0 Å². The van der Waals surface area contributed by atoms with E-state index < -0.39 is 23.5 Å². The molecule has 0 aromatic carbocycles. The molecule has 2 aliphatic rings.